The second kappa shape index (κ2) is 12.1. The van der Waals surface area contributed by atoms with Gasteiger partial charge in [0.2, 0.25) is 5.88 Å². The summed E-state index contributed by atoms with van der Waals surface area (Å²) < 4.78 is 63.5. The minimum atomic E-state index is -4.88. The van der Waals surface area contributed by atoms with E-state index in [4.69, 9.17) is 14.2 Å². The largest absolute Gasteiger partial charge is 0.508 e. The van der Waals surface area contributed by atoms with Crippen LogP contribution in [0.4, 0.5) is 18.0 Å². The molecule has 5 atom stereocenters. The molecule has 2 heterocycles. The Labute approximate surface area is 222 Å². The van der Waals surface area contributed by atoms with Crippen LogP contribution in [0.3, 0.4) is 0 Å². The third-order valence-electron chi connectivity index (χ3n) is 6.16. The number of aromatic nitrogens is 2. The number of aryl methyl sites for hydroxylation is 1. The van der Waals surface area contributed by atoms with Crippen LogP contribution in [0.2, 0.25) is 0 Å². The Kier molecular flexibility index (Phi) is 9.49. The Morgan fingerprint density at radius 1 is 1.10 bits per heavy atom. The van der Waals surface area contributed by atoms with Crippen molar-refractivity contribution in [2.75, 3.05) is 13.2 Å². The highest BCUT2D eigenvalue weighted by Gasteiger charge is 2.56. The van der Waals surface area contributed by atoms with Gasteiger partial charge >= 0.3 is 18.3 Å². The molecule has 0 radical (unpaired) electrons. The molecule has 1 aromatic heterocycles. The van der Waals surface area contributed by atoms with Crippen LogP contribution in [-0.4, -0.2) is 80.0 Å². The van der Waals surface area contributed by atoms with Gasteiger partial charge in [0.25, 0.3) is 0 Å². The molecule has 39 heavy (non-hydrogen) atoms. The molecule has 218 valence electrons. The zero-order valence-electron chi connectivity index (χ0n) is 21.9. The number of carbonyl (C=O) groups is 1. The number of carbonyl (C=O) groups excluding carboxylic acids is 1. The summed E-state index contributed by atoms with van der Waals surface area (Å²) in [5.74, 6) is -3.90. The molecule has 0 saturated carbocycles. The fraction of sp³-hybridized carbons (Fsp3) is 0.600. The van der Waals surface area contributed by atoms with E-state index >= 15 is 0 Å². The summed E-state index contributed by atoms with van der Waals surface area (Å²) in [5.41, 5.74) is -0.131. The van der Waals surface area contributed by atoms with Crippen LogP contribution >= 0.6 is 0 Å². The van der Waals surface area contributed by atoms with E-state index in [0.29, 0.717) is 10.2 Å². The van der Waals surface area contributed by atoms with Crippen molar-refractivity contribution < 1.29 is 57.3 Å². The number of aliphatic hydroxyl groups is 4. The number of ether oxygens (including phenoxy) is 4. The van der Waals surface area contributed by atoms with Gasteiger partial charge in [0.15, 0.2) is 6.10 Å². The van der Waals surface area contributed by atoms with Crippen LogP contribution < -0.4 is 4.74 Å². The quantitative estimate of drug-likeness (QED) is 0.265. The summed E-state index contributed by atoms with van der Waals surface area (Å²) in [6.45, 7) is 5.61. The Bertz CT molecular complexity index is 1120. The van der Waals surface area contributed by atoms with Gasteiger partial charge in [0, 0.05) is 12.5 Å². The van der Waals surface area contributed by atoms with Crippen LogP contribution in [0, 0.1) is 0 Å². The predicted molar refractivity (Wildman–Crippen MR) is 128 cm³/mol. The Morgan fingerprint density at radius 2 is 1.72 bits per heavy atom. The highest BCUT2D eigenvalue weighted by atomic mass is 19.4. The van der Waals surface area contributed by atoms with Crippen molar-refractivity contribution in [2.24, 2.45) is 0 Å². The molecule has 14 heteroatoms. The molecule has 4 N–H and O–H groups in total. The number of alkyl halides is 3. The van der Waals surface area contributed by atoms with Crippen LogP contribution in [0.1, 0.15) is 56.1 Å². The van der Waals surface area contributed by atoms with E-state index in [1.165, 1.54) is 20.8 Å². The van der Waals surface area contributed by atoms with Gasteiger partial charge in [-0.3, -0.25) is 4.68 Å². The summed E-state index contributed by atoms with van der Waals surface area (Å²) >= 11 is 0. The first-order chi connectivity index (χ1) is 18.2. The van der Waals surface area contributed by atoms with Crippen LogP contribution in [-0.2, 0) is 33.2 Å². The molecule has 0 spiro atoms. The van der Waals surface area contributed by atoms with Gasteiger partial charge in [-0.1, -0.05) is 31.2 Å². The summed E-state index contributed by atoms with van der Waals surface area (Å²) in [6.07, 6.45) is -13.6. The lowest BCUT2D eigenvalue weighted by Crippen LogP contribution is -2.67. The molecule has 0 bridgehead atoms. The number of hydrogen-bond acceptors (Lipinski definition) is 10. The predicted octanol–water partition coefficient (Wildman–Crippen LogP) is 2.32. The Morgan fingerprint density at radius 3 is 2.26 bits per heavy atom. The Hall–Kier alpha value is -2.91. The van der Waals surface area contributed by atoms with E-state index in [1.807, 2.05) is 6.92 Å². The number of nitrogens with zero attached hydrogens (tertiary/aromatic N) is 2. The normalized spacial score (nSPS) is 25.5. The molecular weight excluding hydrogens is 529 g/mol. The number of benzene rings is 1. The van der Waals surface area contributed by atoms with Crippen molar-refractivity contribution >= 4 is 6.16 Å². The van der Waals surface area contributed by atoms with Crippen LogP contribution in [0.15, 0.2) is 24.3 Å². The molecule has 0 aliphatic carbocycles. The van der Waals surface area contributed by atoms with E-state index in [0.717, 1.165) is 12.0 Å². The maximum atomic E-state index is 14.3. The summed E-state index contributed by atoms with van der Waals surface area (Å²) in [7, 11) is 0. The minimum Gasteiger partial charge on any atom is -0.435 e. The van der Waals surface area contributed by atoms with Crippen LogP contribution in [0.25, 0.3) is 0 Å². The molecule has 1 aliphatic heterocycles. The SMILES string of the molecule is CCOC(=O)OC[C@H]1O[C@@](O)(Oc2nn(C(C)C)c(C(F)(F)F)c2Cc2ccc(CC)cc2)[C@H](O)[C@@H](O)[C@@H]1O. The van der Waals surface area contributed by atoms with Crippen molar-refractivity contribution in [3.63, 3.8) is 0 Å². The van der Waals surface area contributed by atoms with Crippen molar-refractivity contribution in [1.29, 1.82) is 0 Å². The lowest BCUT2D eigenvalue weighted by Gasteiger charge is -2.44. The maximum absolute atomic E-state index is 14.3. The zero-order chi connectivity index (χ0) is 29.1. The second-order valence-corrected chi connectivity index (χ2v) is 9.32. The standard InChI is InChI=1S/C25H33F3N2O9/c1-5-14-7-9-15(10-8-14)11-16-20(24(26,27)28)30(13(3)4)29-22(16)39-25(35)21(33)19(32)18(31)17(38-25)12-37-23(34)36-6-2/h7-10,13,17-19,21,31-33,35H,5-6,11-12H2,1-4H3/t17-,18-,19+,21-,25-/m1/s1. The van der Waals surface area contributed by atoms with Gasteiger partial charge in [-0.05, 0) is 38.3 Å². The van der Waals surface area contributed by atoms with Crippen molar-refractivity contribution in [3.8, 4) is 5.88 Å². The second-order valence-electron chi connectivity index (χ2n) is 9.32. The van der Waals surface area contributed by atoms with E-state index in [-0.39, 0.29) is 13.0 Å². The van der Waals surface area contributed by atoms with E-state index in [9.17, 15) is 38.4 Å². The molecule has 2 aromatic rings. The van der Waals surface area contributed by atoms with Crippen LogP contribution in [0.5, 0.6) is 5.88 Å². The molecule has 11 nitrogen and oxygen atoms in total. The summed E-state index contributed by atoms with van der Waals surface area (Å²) in [5, 5.41) is 46.1. The van der Waals surface area contributed by atoms with Gasteiger partial charge in [-0.25, -0.2) is 4.79 Å². The topological polar surface area (TPSA) is 153 Å². The highest BCUT2D eigenvalue weighted by molar-refractivity contribution is 5.59. The van der Waals surface area contributed by atoms with Crippen molar-refractivity contribution in [1.82, 2.24) is 9.78 Å². The molecule has 1 fully saturated rings. The fourth-order valence-electron chi connectivity index (χ4n) is 4.10. The molecule has 3 rings (SSSR count). The smallest absolute Gasteiger partial charge is 0.435 e. The van der Waals surface area contributed by atoms with Gasteiger partial charge < -0.3 is 39.4 Å². The fourth-order valence-corrected chi connectivity index (χ4v) is 4.10. The molecule has 1 aromatic carbocycles. The van der Waals surface area contributed by atoms with E-state index in [2.05, 4.69) is 9.84 Å². The molecular formula is C25H33F3N2O9. The third-order valence-corrected chi connectivity index (χ3v) is 6.16. The molecule has 0 amide bonds. The van der Waals surface area contributed by atoms with Gasteiger partial charge in [-0.2, -0.15) is 13.2 Å². The first-order valence-corrected chi connectivity index (χ1v) is 12.4. The lowest BCUT2D eigenvalue weighted by molar-refractivity contribution is -0.423. The number of rotatable bonds is 9. The first kappa shape index (κ1) is 30.6. The van der Waals surface area contributed by atoms with Gasteiger partial charge in [-0.15, -0.1) is 5.10 Å². The Balaban J connectivity index is 2.02. The third kappa shape index (κ3) is 6.81. The number of halogens is 3. The summed E-state index contributed by atoms with van der Waals surface area (Å²) in [4.78, 5) is 11.5. The molecule has 0 unspecified atom stereocenters. The number of hydrogen-bond donors (Lipinski definition) is 4. The molecule has 1 saturated heterocycles. The van der Waals surface area contributed by atoms with Crippen molar-refractivity contribution in [3.05, 3.63) is 46.6 Å². The number of aliphatic hydroxyl groups excluding tert-OH is 3. The van der Waals surface area contributed by atoms with E-state index < -0.39 is 72.5 Å². The van der Waals surface area contributed by atoms with E-state index in [1.54, 1.807) is 24.3 Å². The average Bonchev–Trinajstić information content (AvgIpc) is 3.23. The van der Waals surface area contributed by atoms with Crippen molar-refractivity contribution in [2.45, 2.75) is 83.1 Å². The summed E-state index contributed by atoms with van der Waals surface area (Å²) in [6, 6.07) is 6.05. The lowest BCUT2D eigenvalue weighted by atomic mass is 9.97. The highest BCUT2D eigenvalue weighted by Crippen LogP contribution is 2.41. The average molecular weight is 563 g/mol. The van der Waals surface area contributed by atoms with Gasteiger partial charge in [0.1, 0.15) is 30.6 Å². The molecule has 1 aliphatic rings. The first-order valence-electron chi connectivity index (χ1n) is 12.4. The monoisotopic (exact) mass is 562 g/mol. The maximum Gasteiger partial charge on any atom is 0.508 e. The zero-order valence-corrected chi connectivity index (χ0v) is 21.9. The van der Waals surface area contributed by atoms with Gasteiger partial charge in [0.05, 0.1) is 12.2 Å². The minimum absolute atomic E-state index is 0.0225.